The highest BCUT2D eigenvalue weighted by Crippen LogP contribution is 1.92. The Labute approximate surface area is 58.8 Å². The summed E-state index contributed by atoms with van der Waals surface area (Å²) in [6.07, 6.45) is -0.985. The Balaban J connectivity index is 3.95. The Kier molecular flexibility index (Phi) is 3.64. The lowest BCUT2D eigenvalue weighted by atomic mass is 10.2. The van der Waals surface area contributed by atoms with E-state index in [0.717, 1.165) is 7.11 Å². The normalized spacial score (nSPS) is 12.3. The molecule has 10 heavy (non-hydrogen) atoms. The number of hydrogen-bond acceptors (Lipinski definition) is 4. The Morgan fingerprint density at radius 1 is 1.60 bits per heavy atom. The van der Waals surface area contributed by atoms with Crippen molar-refractivity contribution < 1.29 is 19.4 Å². The number of rotatable bonds is 3. The maximum Gasteiger partial charge on any atom is 0.377 e. The molecular weight excluding hydrogens is 136 g/mol. The number of ether oxygens (including phenoxy) is 1. The highest BCUT2D eigenvalue weighted by atomic mass is 16.5. The third kappa shape index (κ3) is 2.14. The summed E-state index contributed by atoms with van der Waals surface area (Å²) in [4.78, 5) is 21.0. The molecule has 1 atom stereocenters. The predicted molar refractivity (Wildman–Crippen MR) is 33.3 cm³/mol. The van der Waals surface area contributed by atoms with E-state index in [-0.39, 0.29) is 6.42 Å². The zero-order valence-corrected chi connectivity index (χ0v) is 5.96. The molecule has 4 heteroatoms. The minimum Gasteiger partial charge on any atom is -0.463 e. The van der Waals surface area contributed by atoms with Gasteiger partial charge in [-0.05, 0) is 6.42 Å². The van der Waals surface area contributed by atoms with Crippen molar-refractivity contribution in [2.75, 3.05) is 7.11 Å². The highest BCUT2D eigenvalue weighted by molar-refractivity contribution is 6.35. The molecule has 0 heterocycles. The molecule has 0 aromatic rings. The van der Waals surface area contributed by atoms with Gasteiger partial charge in [-0.3, -0.25) is 4.79 Å². The van der Waals surface area contributed by atoms with Crippen LogP contribution in [0.15, 0.2) is 0 Å². The largest absolute Gasteiger partial charge is 0.463 e. The topological polar surface area (TPSA) is 63.6 Å². The quantitative estimate of drug-likeness (QED) is 0.430. The molecule has 0 amide bonds. The van der Waals surface area contributed by atoms with E-state index in [2.05, 4.69) is 4.74 Å². The molecule has 58 valence electrons. The van der Waals surface area contributed by atoms with Gasteiger partial charge in [-0.25, -0.2) is 4.79 Å². The van der Waals surface area contributed by atoms with Crippen LogP contribution in [-0.4, -0.2) is 30.1 Å². The van der Waals surface area contributed by atoms with Crippen LogP contribution in [0.3, 0.4) is 0 Å². The molecule has 1 unspecified atom stereocenters. The van der Waals surface area contributed by atoms with E-state index in [1.807, 2.05) is 0 Å². The molecule has 0 saturated carbocycles. The summed E-state index contributed by atoms with van der Waals surface area (Å²) in [5.74, 6) is -1.88. The second-order valence-electron chi connectivity index (χ2n) is 1.78. The molecule has 0 radical (unpaired) electrons. The maximum atomic E-state index is 10.6. The number of aliphatic hydroxyl groups is 1. The van der Waals surface area contributed by atoms with Gasteiger partial charge in [0.05, 0.1) is 7.11 Å². The lowest BCUT2D eigenvalue weighted by Crippen LogP contribution is -2.28. The summed E-state index contributed by atoms with van der Waals surface area (Å²) in [5, 5.41) is 8.78. The molecule has 0 saturated heterocycles. The van der Waals surface area contributed by atoms with Gasteiger partial charge in [-0.1, -0.05) is 6.92 Å². The molecule has 0 rings (SSSR count). The smallest absolute Gasteiger partial charge is 0.377 e. The molecule has 0 fully saturated rings. The lowest BCUT2D eigenvalue weighted by molar-refractivity contribution is -0.155. The average Bonchev–Trinajstić information content (AvgIpc) is 2.00. The number of carbonyl (C=O) groups excluding carboxylic acids is 2. The van der Waals surface area contributed by atoms with Gasteiger partial charge in [-0.15, -0.1) is 0 Å². The van der Waals surface area contributed by atoms with E-state index >= 15 is 0 Å². The Hall–Kier alpha value is -0.900. The van der Waals surface area contributed by atoms with Crippen molar-refractivity contribution in [3.8, 4) is 0 Å². The first-order valence-corrected chi connectivity index (χ1v) is 2.93. The summed E-state index contributed by atoms with van der Waals surface area (Å²) < 4.78 is 4.09. The molecule has 0 aromatic heterocycles. The number of esters is 1. The Morgan fingerprint density at radius 2 is 2.10 bits per heavy atom. The van der Waals surface area contributed by atoms with Crippen molar-refractivity contribution in [2.45, 2.75) is 19.4 Å². The van der Waals surface area contributed by atoms with Crippen molar-refractivity contribution in [1.82, 2.24) is 0 Å². The predicted octanol–water partition coefficient (Wildman–Crippen LogP) is -0.501. The fourth-order valence-electron chi connectivity index (χ4n) is 0.422. The molecule has 0 spiro atoms. The van der Waals surface area contributed by atoms with Crippen LogP contribution in [0.4, 0.5) is 0 Å². The second-order valence-corrected chi connectivity index (χ2v) is 1.78. The van der Waals surface area contributed by atoms with E-state index in [1.54, 1.807) is 6.92 Å². The number of carbonyl (C=O) groups is 2. The summed E-state index contributed by atoms with van der Waals surface area (Å²) >= 11 is 0. The van der Waals surface area contributed by atoms with Gasteiger partial charge >= 0.3 is 5.97 Å². The van der Waals surface area contributed by atoms with Crippen molar-refractivity contribution in [1.29, 1.82) is 0 Å². The first-order chi connectivity index (χ1) is 4.63. The molecule has 0 bridgehead atoms. The van der Waals surface area contributed by atoms with Gasteiger partial charge in [0.25, 0.3) is 5.78 Å². The molecule has 0 aliphatic rings. The first-order valence-electron chi connectivity index (χ1n) is 2.93. The van der Waals surface area contributed by atoms with Crippen molar-refractivity contribution in [3.63, 3.8) is 0 Å². The van der Waals surface area contributed by atoms with E-state index in [9.17, 15) is 9.59 Å². The zero-order valence-electron chi connectivity index (χ0n) is 5.96. The summed E-state index contributed by atoms with van der Waals surface area (Å²) in [6.45, 7) is 1.60. The zero-order chi connectivity index (χ0) is 8.15. The van der Waals surface area contributed by atoms with Crippen LogP contribution < -0.4 is 0 Å². The van der Waals surface area contributed by atoms with E-state index in [4.69, 9.17) is 5.11 Å². The summed E-state index contributed by atoms with van der Waals surface area (Å²) in [5.41, 5.74) is 0. The standard InChI is InChI=1S/C6H10O4/c1-3-4(7)5(8)6(9)10-2/h4,7H,3H2,1-2H3. The molecule has 0 aliphatic carbocycles. The van der Waals surface area contributed by atoms with Crippen LogP contribution in [-0.2, 0) is 14.3 Å². The van der Waals surface area contributed by atoms with Crippen LogP contribution in [0.1, 0.15) is 13.3 Å². The average molecular weight is 146 g/mol. The van der Waals surface area contributed by atoms with Gasteiger partial charge in [0.2, 0.25) is 0 Å². The third-order valence-corrected chi connectivity index (χ3v) is 1.08. The van der Waals surface area contributed by atoms with Crippen LogP contribution >= 0.6 is 0 Å². The van der Waals surface area contributed by atoms with Gasteiger partial charge in [0, 0.05) is 0 Å². The van der Waals surface area contributed by atoms with Crippen LogP contribution in [0.25, 0.3) is 0 Å². The van der Waals surface area contributed by atoms with Crippen LogP contribution in [0, 0.1) is 0 Å². The van der Waals surface area contributed by atoms with Crippen LogP contribution in [0.5, 0.6) is 0 Å². The molecule has 4 nitrogen and oxygen atoms in total. The van der Waals surface area contributed by atoms with Gasteiger partial charge in [0.15, 0.2) is 0 Å². The summed E-state index contributed by atoms with van der Waals surface area (Å²) in [7, 11) is 1.10. The number of aliphatic hydroxyl groups excluding tert-OH is 1. The Morgan fingerprint density at radius 3 is 2.40 bits per heavy atom. The Bertz CT molecular complexity index is 141. The molecule has 0 aromatic carbocycles. The molecule has 1 N–H and O–H groups in total. The highest BCUT2D eigenvalue weighted by Gasteiger charge is 2.21. The molecular formula is C6H10O4. The summed E-state index contributed by atoms with van der Waals surface area (Å²) in [6, 6.07) is 0. The number of Topliss-reactive ketones (excluding diaryl/α,β-unsaturated/α-hetero) is 1. The minimum absolute atomic E-state index is 0.230. The SMILES string of the molecule is CCC(O)C(=O)C(=O)OC. The van der Waals surface area contributed by atoms with Crippen molar-refractivity contribution in [2.24, 2.45) is 0 Å². The fraction of sp³-hybridized carbons (Fsp3) is 0.667. The molecule has 0 aliphatic heterocycles. The van der Waals surface area contributed by atoms with E-state index in [0.29, 0.717) is 0 Å². The van der Waals surface area contributed by atoms with Gasteiger partial charge < -0.3 is 9.84 Å². The van der Waals surface area contributed by atoms with Gasteiger partial charge in [0.1, 0.15) is 6.10 Å². The minimum atomic E-state index is -1.22. The second kappa shape index (κ2) is 4.00. The lowest BCUT2D eigenvalue weighted by Gasteiger charge is -2.02. The number of hydrogen-bond donors (Lipinski definition) is 1. The monoisotopic (exact) mass is 146 g/mol. The number of ketones is 1. The van der Waals surface area contributed by atoms with E-state index in [1.165, 1.54) is 0 Å². The fourth-order valence-corrected chi connectivity index (χ4v) is 0.422. The van der Waals surface area contributed by atoms with E-state index < -0.39 is 17.9 Å². The first kappa shape index (κ1) is 9.10. The van der Waals surface area contributed by atoms with Crippen molar-refractivity contribution in [3.05, 3.63) is 0 Å². The van der Waals surface area contributed by atoms with Crippen molar-refractivity contribution >= 4 is 11.8 Å². The third-order valence-electron chi connectivity index (χ3n) is 1.08. The maximum absolute atomic E-state index is 10.6. The van der Waals surface area contributed by atoms with Crippen LogP contribution in [0.2, 0.25) is 0 Å². The number of methoxy groups -OCH3 is 1. The van der Waals surface area contributed by atoms with Gasteiger partial charge in [-0.2, -0.15) is 0 Å².